The second kappa shape index (κ2) is 24.0. The van der Waals surface area contributed by atoms with Crippen LogP contribution < -0.4 is 37.6 Å². The summed E-state index contributed by atoms with van der Waals surface area (Å²) in [5, 5.41) is 10.2. The molecule has 4 aromatic heterocycles. The van der Waals surface area contributed by atoms with E-state index in [4.69, 9.17) is 32.8 Å². The number of aromatic nitrogens is 8. The van der Waals surface area contributed by atoms with Crippen LogP contribution >= 0.6 is 0 Å². The molecular weight excluding hydrogens is 979 g/mol. The molecule has 10 aromatic rings. The molecule has 4 heterocycles. The number of aldehydes is 1. The van der Waals surface area contributed by atoms with Gasteiger partial charge in [-0.1, -0.05) is 67.6 Å². The molecule has 0 saturated heterocycles. The van der Waals surface area contributed by atoms with Gasteiger partial charge in [0.1, 0.15) is 59.4 Å². The molecular formula is C57H45N13O7. The van der Waals surface area contributed by atoms with Gasteiger partial charge in [-0.15, -0.1) is 0 Å². The zero-order valence-corrected chi connectivity index (χ0v) is 41.2. The molecule has 0 aliphatic heterocycles. The van der Waals surface area contributed by atoms with Crippen molar-refractivity contribution in [3.8, 4) is 51.8 Å². The van der Waals surface area contributed by atoms with Gasteiger partial charge in [0, 0.05) is 12.6 Å². The average molecular weight is 1020 g/mol. The molecule has 0 aliphatic carbocycles. The van der Waals surface area contributed by atoms with Crippen LogP contribution in [0.4, 0.5) is 11.6 Å². The Balaban J connectivity index is 0.000000183. The molecule has 5 N–H and O–H groups in total. The monoisotopic (exact) mass is 1020 g/mol. The number of para-hydroxylation sites is 2. The van der Waals surface area contributed by atoms with Gasteiger partial charge >= 0.3 is 11.4 Å². The zero-order chi connectivity index (χ0) is 54.4. The summed E-state index contributed by atoms with van der Waals surface area (Å²) in [6.45, 7) is 9.05. The van der Waals surface area contributed by atoms with Crippen LogP contribution in [0, 0.1) is 17.9 Å². The topological polar surface area (TPSA) is 267 Å². The summed E-state index contributed by atoms with van der Waals surface area (Å²) in [5.74, 6) is 2.47. The lowest BCUT2D eigenvalue weighted by Crippen LogP contribution is -2.22. The van der Waals surface area contributed by atoms with E-state index in [1.165, 1.54) is 44.0 Å². The number of nitrogen functional groups attached to an aromatic ring is 2. The number of Topliss-reactive ketones (excluding diaryl/α,β-unsaturated/α-hetero) is 1. The lowest BCUT2D eigenvalue weighted by Gasteiger charge is -2.08. The summed E-state index contributed by atoms with van der Waals surface area (Å²) in [5.41, 5.74) is 16.2. The summed E-state index contributed by atoms with van der Waals surface area (Å²) in [6, 6.07) is 48.3. The maximum absolute atomic E-state index is 13.8. The van der Waals surface area contributed by atoms with Crippen LogP contribution in [-0.4, -0.2) is 63.2 Å². The number of allylic oxidation sites excluding steroid dienone is 1. The van der Waals surface area contributed by atoms with E-state index in [0.717, 1.165) is 6.29 Å². The number of hydrogen-bond donors (Lipinski definition) is 3. The van der Waals surface area contributed by atoms with Crippen LogP contribution in [0.15, 0.2) is 186 Å². The van der Waals surface area contributed by atoms with Crippen molar-refractivity contribution < 1.29 is 23.9 Å². The molecule has 0 radical (unpaired) electrons. The highest BCUT2D eigenvalue weighted by Crippen LogP contribution is 2.29. The molecule has 6 aromatic carbocycles. The molecule has 1 amide bonds. The molecule has 20 nitrogen and oxygen atoms in total. The van der Waals surface area contributed by atoms with E-state index in [1.54, 1.807) is 110 Å². The zero-order valence-electron chi connectivity index (χ0n) is 41.2. The quantitative estimate of drug-likeness (QED) is 0.0555. The molecule has 0 spiro atoms. The molecule has 77 heavy (non-hydrogen) atoms. The largest absolute Gasteiger partial charge is 0.457 e. The number of nitrogens with one attached hydrogen (secondary N) is 1. The van der Waals surface area contributed by atoms with Crippen LogP contribution in [0.3, 0.4) is 0 Å². The molecule has 0 fully saturated rings. The standard InChI is InChI=1S/C29H22N6O3.C24H17N5O3.C4H6N2O/c1-3-25(36)24(31-2)17-19-8-7-9-21(16-19)35-28-26(27(30)32-18-33-28)34(29(35)37)20-12-14-23(15-13-20)38-22-10-5-4-6-11-22;25-22-21-23(27-15-26-22)29(18-6-4-5-16(13-18)14-30)24(31)28(21)17-9-11-20(12-10-17)32-19-7-2-1-3-8-19;1-6-4(7)2-3-5/h4-18H,3H2,1H3,(H2,30,32,33);1-15H,(H2,25,26,27);2H2,1H3,(H,6,7)/b24-17-;;. The maximum Gasteiger partial charge on any atom is 0.339 e. The van der Waals surface area contributed by atoms with Crippen LogP contribution in [0.5, 0.6) is 23.0 Å². The van der Waals surface area contributed by atoms with Gasteiger partial charge in [-0.3, -0.25) is 18.7 Å². The van der Waals surface area contributed by atoms with Gasteiger partial charge in [-0.25, -0.2) is 43.5 Å². The van der Waals surface area contributed by atoms with E-state index >= 15 is 0 Å². The lowest BCUT2D eigenvalue weighted by atomic mass is 10.1. The van der Waals surface area contributed by atoms with Crippen molar-refractivity contribution in [3.63, 3.8) is 0 Å². The second-order valence-electron chi connectivity index (χ2n) is 16.3. The predicted octanol–water partition coefficient (Wildman–Crippen LogP) is 8.59. The fraction of sp³-hybridized carbons (Fsp3) is 0.0702. The first kappa shape index (κ1) is 52.1. The Bertz CT molecular complexity index is 4020. The first-order chi connectivity index (χ1) is 37.5. The number of hydrogen-bond acceptors (Lipinski definition) is 14. The number of anilines is 2. The maximum atomic E-state index is 13.8. The predicted molar refractivity (Wildman–Crippen MR) is 290 cm³/mol. The molecule has 0 atom stereocenters. The Hall–Kier alpha value is -11.3. The molecule has 20 heteroatoms. The Morgan fingerprint density at radius 1 is 0.623 bits per heavy atom. The smallest absolute Gasteiger partial charge is 0.339 e. The van der Waals surface area contributed by atoms with Crippen molar-refractivity contribution in [1.82, 2.24) is 43.5 Å². The number of nitriles is 1. The first-order valence-electron chi connectivity index (χ1n) is 23.5. The normalized spacial score (nSPS) is 10.7. The van der Waals surface area contributed by atoms with E-state index in [0.29, 0.717) is 79.2 Å². The molecule has 0 bridgehead atoms. The number of rotatable bonds is 13. The molecule has 0 aliphatic rings. The highest BCUT2D eigenvalue weighted by atomic mass is 16.5. The van der Waals surface area contributed by atoms with Crippen LogP contribution in [-0.2, 0) is 9.59 Å². The highest BCUT2D eigenvalue weighted by molar-refractivity contribution is 6.01. The number of nitrogens with zero attached hydrogens (tertiary/aromatic N) is 10. The molecule has 380 valence electrons. The number of imidazole rings is 2. The van der Waals surface area contributed by atoms with Crippen LogP contribution in [0.2, 0.25) is 0 Å². The molecule has 0 saturated carbocycles. The van der Waals surface area contributed by atoms with Gasteiger partial charge in [0.2, 0.25) is 11.6 Å². The van der Waals surface area contributed by atoms with Gasteiger partial charge in [0.15, 0.2) is 28.7 Å². The Kier molecular flexibility index (Phi) is 16.2. The van der Waals surface area contributed by atoms with E-state index in [-0.39, 0.29) is 47.6 Å². The summed E-state index contributed by atoms with van der Waals surface area (Å²) < 4.78 is 17.4. The summed E-state index contributed by atoms with van der Waals surface area (Å²) in [7, 11) is 1.50. The van der Waals surface area contributed by atoms with Crippen LogP contribution in [0.25, 0.3) is 56.0 Å². The van der Waals surface area contributed by atoms with Crippen molar-refractivity contribution in [2.45, 2.75) is 19.8 Å². The van der Waals surface area contributed by atoms with Crippen molar-refractivity contribution in [1.29, 1.82) is 5.26 Å². The number of fused-ring (bicyclic) bond motifs is 2. The summed E-state index contributed by atoms with van der Waals surface area (Å²) in [4.78, 5) is 80.9. The minimum atomic E-state index is -0.403. The van der Waals surface area contributed by atoms with Gasteiger partial charge in [-0.2, -0.15) is 5.26 Å². The average Bonchev–Trinajstić information content (AvgIpc) is 4.05. The second-order valence-corrected chi connectivity index (χ2v) is 16.3. The number of ketones is 1. The van der Waals surface area contributed by atoms with E-state index in [2.05, 4.69) is 30.1 Å². The van der Waals surface area contributed by atoms with Gasteiger partial charge in [0.05, 0.1) is 35.4 Å². The Morgan fingerprint density at radius 2 is 1.06 bits per heavy atom. The summed E-state index contributed by atoms with van der Waals surface area (Å²) >= 11 is 0. The first-order valence-corrected chi connectivity index (χ1v) is 23.5. The fourth-order valence-corrected chi connectivity index (χ4v) is 7.78. The van der Waals surface area contributed by atoms with Gasteiger partial charge in [0.25, 0.3) is 0 Å². The number of nitrogens with two attached hydrogens (primary N) is 2. The van der Waals surface area contributed by atoms with E-state index in [1.807, 2.05) is 60.7 Å². The van der Waals surface area contributed by atoms with Crippen molar-refractivity contribution in [2.24, 2.45) is 0 Å². The third-order valence-corrected chi connectivity index (χ3v) is 11.4. The highest BCUT2D eigenvalue weighted by Gasteiger charge is 2.22. The third kappa shape index (κ3) is 11.7. The van der Waals surface area contributed by atoms with Crippen molar-refractivity contribution >= 4 is 58.0 Å². The molecule has 0 unspecified atom stereocenters. The molecule has 10 rings (SSSR count). The summed E-state index contributed by atoms with van der Waals surface area (Å²) in [6.07, 6.45) is 5.03. The number of benzene rings is 6. The van der Waals surface area contributed by atoms with Crippen molar-refractivity contribution in [2.75, 3.05) is 18.5 Å². The lowest BCUT2D eigenvalue weighted by molar-refractivity contribution is -0.119. The third-order valence-electron chi connectivity index (χ3n) is 11.4. The Labute approximate surface area is 438 Å². The van der Waals surface area contributed by atoms with E-state index in [9.17, 15) is 24.0 Å². The minimum absolute atomic E-state index is 0.0313. The van der Waals surface area contributed by atoms with Crippen molar-refractivity contribution in [3.05, 3.63) is 220 Å². The SMILES string of the molecule is CNC(=O)CC#N.Nc1ncnc2c1n(-c1ccc(Oc3ccccc3)cc1)c(=O)n2-c1cccc(C=O)c1.[C-]#[N+]/C(=C\c1cccc(-n2c(=O)n(-c3ccc(Oc4ccccc4)cc3)c3c(N)ncnc32)c1)C(=O)CC. The van der Waals surface area contributed by atoms with E-state index < -0.39 is 5.69 Å². The number of amides is 1. The number of carbonyl (C=O) groups excluding carboxylic acids is 3. The fourth-order valence-electron chi connectivity index (χ4n) is 7.78. The number of carbonyl (C=O) groups is 3. The number of ether oxygens (including phenoxy) is 2. The van der Waals surface area contributed by atoms with Gasteiger partial charge < -0.3 is 31.1 Å². The minimum Gasteiger partial charge on any atom is -0.457 e. The van der Waals surface area contributed by atoms with Gasteiger partial charge in [-0.05, 0) is 115 Å². The van der Waals surface area contributed by atoms with Crippen LogP contribution in [0.1, 0.15) is 35.7 Å². The Morgan fingerprint density at radius 3 is 1.47 bits per heavy atom.